The lowest BCUT2D eigenvalue weighted by atomic mass is 9.91. The van der Waals surface area contributed by atoms with E-state index in [1.807, 2.05) is 6.07 Å². The minimum atomic E-state index is -0.353. The summed E-state index contributed by atoms with van der Waals surface area (Å²) in [4.78, 5) is 6.64. The molecule has 6 heteroatoms. The zero-order valence-electron chi connectivity index (χ0n) is 15.0. The predicted molar refractivity (Wildman–Crippen MR) is 106 cm³/mol. The molecule has 0 unspecified atom stereocenters. The Hall–Kier alpha value is -0.980. The number of halogens is 1. The summed E-state index contributed by atoms with van der Waals surface area (Å²) < 4.78 is 0.880. The van der Waals surface area contributed by atoms with Gasteiger partial charge in [0.25, 0.3) is 0 Å². The van der Waals surface area contributed by atoms with Gasteiger partial charge >= 0.3 is 0 Å². The molecule has 138 valence electrons. The maximum absolute atomic E-state index is 10.6. The standard InChI is InChI=1S/C19H29BrN4O/c1-13(21)17-9-15(20)11-23-19(17)24-8-7-14(18(25)12-24)10-22-16-5-3-2-4-6-16/h9,11,14,16,18,21-22,25H,2-8,10,12H2,1H3/t14-,18+/m0/s1. The molecule has 0 bridgehead atoms. The van der Waals surface area contributed by atoms with Crippen LogP contribution < -0.4 is 10.2 Å². The largest absolute Gasteiger partial charge is 0.391 e. The third kappa shape index (κ3) is 4.80. The fraction of sp³-hybridized carbons (Fsp3) is 0.684. The highest BCUT2D eigenvalue weighted by Gasteiger charge is 2.30. The maximum atomic E-state index is 10.6. The third-order valence-corrected chi connectivity index (χ3v) is 5.97. The molecule has 1 aliphatic carbocycles. The molecule has 1 aromatic heterocycles. The van der Waals surface area contributed by atoms with Crippen LogP contribution in [-0.4, -0.2) is 47.6 Å². The van der Waals surface area contributed by atoms with Crippen LogP contribution in [0.5, 0.6) is 0 Å². The molecular formula is C19H29BrN4O. The van der Waals surface area contributed by atoms with E-state index in [0.717, 1.165) is 35.4 Å². The normalized spacial score (nSPS) is 25.2. The number of nitrogens with zero attached hydrogens (tertiary/aromatic N) is 2. The first-order chi connectivity index (χ1) is 12.0. The van der Waals surface area contributed by atoms with E-state index in [4.69, 9.17) is 5.41 Å². The molecule has 25 heavy (non-hydrogen) atoms. The van der Waals surface area contributed by atoms with E-state index in [-0.39, 0.29) is 6.10 Å². The quantitative estimate of drug-likeness (QED) is 0.653. The number of aliphatic hydroxyl groups is 1. The number of nitrogens with one attached hydrogen (secondary N) is 2. The lowest BCUT2D eigenvalue weighted by Crippen LogP contribution is -2.49. The van der Waals surface area contributed by atoms with Crippen LogP contribution >= 0.6 is 15.9 Å². The van der Waals surface area contributed by atoms with Gasteiger partial charge in [0, 0.05) is 53.5 Å². The van der Waals surface area contributed by atoms with Crippen LogP contribution in [0, 0.1) is 11.3 Å². The molecule has 0 aromatic carbocycles. The Labute approximate surface area is 158 Å². The summed E-state index contributed by atoms with van der Waals surface area (Å²) in [5, 5.41) is 22.3. The Morgan fingerprint density at radius 1 is 1.36 bits per heavy atom. The summed E-state index contributed by atoms with van der Waals surface area (Å²) in [6, 6.07) is 2.58. The minimum Gasteiger partial charge on any atom is -0.391 e. The first-order valence-electron chi connectivity index (χ1n) is 9.42. The van der Waals surface area contributed by atoms with Crippen molar-refractivity contribution in [3.8, 4) is 0 Å². The van der Waals surface area contributed by atoms with Crippen molar-refractivity contribution < 1.29 is 5.11 Å². The number of aromatic nitrogens is 1. The van der Waals surface area contributed by atoms with E-state index in [0.29, 0.717) is 24.2 Å². The molecular weight excluding hydrogens is 380 g/mol. The second kappa shape index (κ2) is 8.60. The Morgan fingerprint density at radius 2 is 2.12 bits per heavy atom. The van der Waals surface area contributed by atoms with Crippen LogP contribution in [0.25, 0.3) is 0 Å². The van der Waals surface area contributed by atoms with E-state index in [9.17, 15) is 5.11 Å². The molecule has 1 aliphatic heterocycles. The fourth-order valence-corrected chi connectivity index (χ4v) is 4.33. The highest BCUT2D eigenvalue weighted by Crippen LogP contribution is 2.27. The summed E-state index contributed by atoms with van der Waals surface area (Å²) in [5.74, 6) is 1.12. The summed E-state index contributed by atoms with van der Waals surface area (Å²) in [5.41, 5.74) is 1.33. The number of β-amino-alcohol motifs (C(OH)–C–C–N with tert-alkyl or cyclic N) is 1. The van der Waals surface area contributed by atoms with Gasteiger partial charge in [0.05, 0.1) is 6.10 Å². The number of anilines is 1. The molecule has 0 amide bonds. The topological polar surface area (TPSA) is 72.2 Å². The lowest BCUT2D eigenvalue weighted by Gasteiger charge is -2.38. The highest BCUT2D eigenvalue weighted by molar-refractivity contribution is 9.10. The number of hydrogen-bond acceptors (Lipinski definition) is 5. The molecule has 2 heterocycles. The highest BCUT2D eigenvalue weighted by atomic mass is 79.9. The molecule has 1 aromatic rings. The predicted octanol–water partition coefficient (Wildman–Crippen LogP) is 3.34. The molecule has 2 fully saturated rings. The van der Waals surface area contributed by atoms with Gasteiger partial charge in [0.1, 0.15) is 5.82 Å². The van der Waals surface area contributed by atoms with Crippen LogP contribution in [0.1, 0.15) is 51.0 Å². The second-order valence-electron chi connectivity index (χ2n) is 7.46. The average Bonchev–Trinajstić information content (AvgIpc) is 2.61. The van der Waals surface area contributed by atoms with Crippen molar-refractivity contribution in [3.63, 3.8) is 0 Å². The Kier molecular flexibility index (Phi) is 6.47. The van der Waals surface area contributed by atoms with Crippen LogP contribution in [-0.2, 0) is 0 Å². The zero-order valence-corrected chi connectivity index (χ0v) is 16.6. The van der Waals surface area contributed by atoms with Crippen molar-refractivity contribution in [1.82, 2.24) is 10.3 Å². The maximum Gasteiger partial charge on any atom is 0.137 e. The van der Waals surface area contributed by atoms with Crippen molar-refractivity contribution in [2.24, 2.45) is 5.92 Å². The zero-order chi connectivity index (χ0) is 17.8. The third-order valence-electron chi connectivity index (χ3n) is 5.53. The van der Waals surface area contributed by atoms with Crippen LogP contribution in [0.3, 0.4) is 0 Å². The number of pyridine rings is 1. The van der Waals surface area contributed by atoms with Gasteiger partial charge in [-0.05, 0) is 48.2 Å². The van der Waals surface area contributed by atoms with Gasteiger partial charge in [-0.25, -0.2) is 4.98 Å². The van der Waals surface area contributed by atoms with Crippen LogP contribution in [0.15, 0.2) is 16.7 Å². The summed E-state index contributed by atoms with van der Waals surface area (Å²) in [6.07, 6.45) is 8.96. The number of aliphatic hydroxyl groups excluding tert-OH is 1. The van der Waals surface area contributed by atoms with Crippen molar-refractivity contribution >= 4 is 27.5 Å². The van der Waals surface area contributed by atoms with Gasteiger partial charge < -0.3 is 20.7 Å². The molecule has 2 atom stereocenters. The Balaban J connectivity index is 1.59. The molecule has 0 spiro atoms. The summed E-state index contributed by atoms with van der Waals surface area (Å²) >= 11 is 3.43. The van der Waals surface area contributed by atoms with Crippen LogP contribution in [0.4, 0.5) is 5.82 Å². The van der Waals surface area contributed by atoms with Gasteiger partial charge in [-0.3, -0.25) is 0 Å². The first-order valence-corrected chi connectivity index (χ1v) is 10.2. The van der Waals surface area contributed by atoms with Crippen LogP contribution in [0.2, 0.25) is 0 Å². The minimum absolute atomic E-state index is 0.304. The second-order valence-corrected chi connectivity index (χ2v) is 8.37. The molecule has 0 radical (unpaired) electrons. The van der Waals surface area contributed by atoms with E-state index in [1.165, 1.54) is 32.1 Å². The van der Waals surface area contributed by atoms with Gasteiger partial charge in [-0.2, -0.15) is 0 Å². The van der Waals surface area contributed by atoms with Crippen molar-refractivity contribution in [3.05, 3.63) is 22.3 Å². The van der Waals surface area contributed by atoms with Gasteiger partial charge in [0.15, 0.2) is 0 Å². The van der Waals surface area contributed by atoms with E-state index >= 15 is 0 Å². The molecule has 1 saturated heterocycles. The monoisotopic (exact) mass is 408 g/mol. The number of piperidine rings is 1. The Morgan fingerprint density at radius 3 is 2.80 bits per heavy atom. The first kappa shape index (κ1) is 18.8. The number of rotatable bonds is 5. The molecule has 1 saturated carbocycles. The summed E-state index contributed by atoms with van der Waals surface area (Å²) in [6.45, 7) is 4.16. The van der Waals surface area contributed by atoms with Gasteiger partial charge in [-0.15, -0.1) is 0 Å². The number of hydrogen-bond donors (Lipinski definition) is 3. The lowest BCUT2D eigenvalue weighted by molar-refractivity contribution is 0.0893. The fourth-order valence-electron chi connectivity index (χ4n) is 4.00. The molecule has 3 rings (SSSR count). The van der Waals surface area contributed by atoms with Crippen molar-refractivity contribution in [2.45, 2.75) is 57.6 Å². The van der Waals surface area contributed by atoms with E-state index in [1.54, 1.807) is 13.1 Å². The summed E-state index contributed by atoms with van der Waals surface area (Å²) in [7, 11) is 0. The van der Waals surface area contributed by atoms with Crippen molar-refractivity contribution in [2.75, 3.05) is 24.5 Å². The SMILES string of the molecule is CC(=N)c1cc(Br)cnc1N1CC[C@@H](CNC2CCCCC2)[C@H](O)C1. The van der Waals surface area contributed by atoms with Crippen molar-refractivity contribution in [1.29, 1.82) is 5.41 Å². The smallest absolute Gasteiger partial charge is 0.137 e. The van der Waals surface area contributed by atoms with Gasteiger partial charge in [0.2, 0.25) is 0 Å². The molecule has 2 aliphatic rings. The molecule has 5 nitrogen and oxygen atoms in total. The average molecular weight is 409 g/mol. The molecule has 3 N–H and O–H groups in total. The van der Waals surface area contributed by atoms with E-state index in [2.05, 4.69) is 31.1 Å². The van der Waals surface area contributed by atoms with Gasteiger partial charge in [-0.1, -0.05) is 19.3 Å². The van der Waals surface area contributed by atoms with E-state index < -0.39 is 0 Å². The Bertz CT molecular complexity index is 603.